The minimum absolute atomic E-state index is 0.00881. The van der Waals surface area contributed by atoms with Crippen molar-refractivity contribution < 1.29 is 15.0 Å². The Balaban J connectivity index is 2.35. The minimum Gasteiger partial charge on any atom is -0.506 e. The van der Waals surface area contributed by atoms with E-state index in [2.05, 4.69) is 0 Å². The third-order valence-corrected chi connectivity index (χ3v) is 2.95. The second kappa shape index (κ2) is 4.14. The summed E-state index contributed by atoms with van der Waals surface area (Å²) < 4.78 is 0. The van der Waals surface area contributed by atoms with Gasteiger partial charge in [-0.2, -0.15) is 0 Å². The minimum atomic E-state index is -0.0383. The maximum absolute atomic E-state index is 11.8. The van der Waals surface area contributed by atoms with Crippen LogP contribution in [0.4, 0.5) is 5.69 Å². The van der Waals surface area contributed by atoms with Gasteiger partial charge in [0, 0.05) is 25.5 Å². The summed E-state index contributed by atoms with van der Waals surface area (Å²) >= 11 is 0. The molecule has 2 N–H and O–H groups in total. The van der Waals surface area contributed by atoms with Crippen LogP contribution in [-0.4, -0.2) is 29.3 Å². The van der Waals surface area contributed by atoms with Crippen LogP contribution in [0.3, 0.4) is 0 Å². The van der Waals surface area contributed by atoms with E-state index in [0.717, 1.165) is 5.56 Å². The summed E-state index contributed by atoms with van der Waals surface area (Å²) in [5.41, 5.74) is 1.44. The van der Waals surface area contributed by atoms with E-state index in [1.54, 1.807) is 17.0 Å². The van der Waals surface area contributed by atoms with Crippen molar-refractivity contribution in [2.24, 2.45) is 5.92 Å². The fourth-order valence-corrected chi connectivity index (χ4v) is 2.11. The van der Waals surface area contributed by atoms with Gasteiger partial charge in [-0.3, -0.25) is 4.79 Å². The predicted molar refractivity (Wildman–Crippen MR) is 60.4 cm³/mol. The van der Waals surface area contributed by atoms with E-state index in [1.165, 1.54) is 0 Å². The van der Waals surface area contributed by atoms with Gasteiger partial charge in [-0.1, -0.05) is 12.1 Å². The second-order valence-electron chi connectivity index (χ2n) is 4.20. The number of para-hydroxylation sites is 1. The highest BCUT2D eigenvalue weighted by Gasteiger charge is 2.32. The molecule has 1 amide bonds. The molecule has 1 atom stereocenters. The van der Waals surface area contributed by atoms with E-state index in [0.29, 0.717) is 18.7 Å². The number of benzene rings is 1. The Morgan fingerprint density at radius 3 is 2.81 bits per heavy atom. The molecule has 0 radical (unpaired) electrons. The molecular formula is C12H15NO3. The number of phenolic OH excluding ortho intramolecular Hbond substituents is 1. The van der Waals surface area contributed by atoms with Crippen LogP contribution in [0.5, 0.6) is 5.75 Å². The lowest BCUT2D eigenvalue weighted by atomic mass is 10.1. The molecule has 0 saturated carbocycles. The van der Waals surface area contributed by atoms with Crippen molar-refractivity contribution >= 4 is 11.6 Å². The summed E-state index contributed by atoms with van der Waals surface area (Å²) in [6.45, 7) is 2.34. The molecule has 0 bridgehead atoms. The van der Waals surface area contributed by atoms with Gasteiger partial charge in [0.25, 0.3) is 0 Å². The van der Waals surface area contributed by atoms with E-state index in [9.17, 15) is 9.90 Å². The van der Waals surface area contributed by atoms with E-state index >= 15 is 0 Å². The highest BCUT2D eigenvalue weighted by molar-refractivity contribution is 5.97. The number of hydrogen-bond acceptors (Lipinski definition) is 3. The van der Waals surface area contributed by atoms with E-state index in [-0.39, 0.29) is 24.2 Å². The van der Waals surface area contributed by atoms with Crippen LogP contribution < -0.4 is 4.90 Å². The summed E-state index contributed by atoms with van der Waals surface area (Å²) in [5.74, 6) is 0.0575. The number of aliphatic hydroxyl groups excluding tert-OH is 1. The zero-order valence-electron chi connectivity index (χ0n) is 9.18. The zero-order valence-corrected chi connectivity index (χ0v) is 9.18. The maximum Gasteiger partial charge on any atom is 0.227 e. The molecule has 1 fully saturated rings. The van der Waals surface area contributed by atoms with Gasteiger partial charge < -0.3 is 15.1 Å². The first-order valence-corrected chi connectivity index (χ1v) is 5.33. The van der Waals surface area contributed by atoms with Gasteiger partial charge in [0.05, 0.1) is 5.69 Å². The van der Waals surface area contributed by atoms with E-state index in [4.69, 9.17) is 5.11 Å². The largest absolute Gasteiger partial charge is 0.506 e. The number of phenols is 1. The molecule has 1 aliphatic rings. The number of rotatable bonds is 2. The van der Waals surface area contributed by atoms with Gasteiger partial charge in [0.1, 0.15) is 5.75 Å². The normalized spacial score (nSPS) is 20.5. The Morgan fingerprint density at radius 2 is 2.25 bits per heavy atom. The lowest BCUT2D eigenvalue weighted by Gasteiger charge is -2.20. The van der Waals surface area contributed by atoms with Crippen LogP contribution in [0.25, 0.3) is 0 Å². The van der Waals surface area contributed by atoms with Crippen molar-refractivity contribution in [2.75, 3.05) is 18.1 Å². The van der Waals surface area contributed by atoms with Crippen LogP contribution in [0.2, 0.25) is 0 Å². The van der Waals surface area contributed by atoms with Crippen molar-refractivity contribution in [1.82, 2.24) is 0 Å². The van der Waals surface area contributed by atoms with E-state index < -0.39 is 0 Å². The molecular weight excluding hydrogens is 206 g/mol. The molecule has 4 nitrogen and oxygen atoms in total. The summed E-state index contributed by atoms with van der Waals surface area (Å²) in [5, 5.41) is 18.8. The molecule has 1 unspecified atom stereocenters. The second-order valence-corrected chi connectivity index (χ2v) is 4.20. The van der Waals surface area contributed by atoms with Gasteiger partial charge in [-0.05, 0) is 18.6 Å². The van der Waals surface area contributed by atoms with Crippen molar-refractivity contribution in [3.05, 3.63) is 23.8 Å². The molecule has 0 spiro atoms. The lowest BCUT2D eigenvalue weighted by Crippen LogP contribution is -2.25. The van der Waals surface area contributed by atoms with Crippen LogP contribution in [-0.2, 0) is 4.79 Å². The Labute approximate surface area is 94.1 Å². The number of aromatic hydroxyl groups is 1. The Hall–Kier alpha value is -1.55. The Bertz CT molecular complexity index is 396. The van der Waals surface area contributed by atoms with Gasteiger partial charge in [-0.25, -0.2) is 0 Å². The van der Waals surface area contributed by atoms with Gasteiger partial charge in [0.2, 0.25) is 5.91 Å². The SMILES string of the molecule is Cc1cccc(O)c1N1CC(CO)CC1=O. The zero-order chi connectivity index (χ0) is 11.7. The number of amides is 1. The fraction of sp³-hybridized carbons (Fsp3) is 0.417. The average Bonchev–Trinajstić information content (AvgIpc) is 2.60. The quantitative estimate of drug-likeness (QED) is 0.784. The highest BCUT2D eigenvalue weighted by atomic mass is 16.3. The van der Waals surface area contributed by atoms with Gasteiger partial charge in [0.15, 0.2) is 0 Å². The summed E-state index contributed by atoms with van der Waals surface area (Å²) in [6.07, 6.45) is 0.351. The number of aryl methyl sites for hydroxylation is 1. The first-order valence-electron chi connectivity index (χ1n) is 5.33. The average molecular weight is 221 g/mol. The van der Waals surface area contributed by atoms with E-state index in [1.807, 2.05) is 13.0 Å². The molecule has 0 aliphatic carbocycles. The molecule has 0 aromatic heterocycles. The molecule has 1 heterocycles. The van der Waals surface area contributed by atoms with Gasteiger partial charge >= 0.3 is 0 Å². The molecule has 86 valence electrons. The number of carbonyl (C=O) groups excluding carboxylic acids is 1. The first kappa shape index (κ1) is 11.0. The molecule has 16 heavy (non-hydrogen) atoms. The molecule has 1 aromatic rings. The van der Waals surface area contributed by atoms with Crippen molar-refractivity contribution in [3.63, 3.8) is 0 Å². The molecule has 1 saturated heterocycles. The van der Waals surface area contributed by atoms with Crippen LogP contribution in [0.1, 0.15) is 12.0 Å². The molecule has 4 heteroatoms. The topological polar surface area (TPSA) is 60.8 Å². The fourth-order valence-electron chi connectivity index (χ4n) is 2.11. The highest BCUT2D eigenvalue weighted by Crippen LogP contribution is 2.34. The number of carbonyl (C=O) groups is 1. The van der Waals surface area contributed by atoms with Crippen molar-refractivity contribution in [2.45, 2.75) is 13.3 Å². The number of anilines is 1. The molecule has 2 rings (SSSR count). The third-order valence-electron chi connectivity index (χ3n) is 2.95. The Kier molecular flexibility index (Phi) is 2.83. The van der Waals surface area contributed by atoms with Crippen LogP contribution in [0.15, 0.2) is 18.2 Å². The first-order chi connectivity index (χ1) is 7.63. The standard InChI is InChI=1S/C12H15NO3/c1-8-3-2-4-10(15)12(8)13-6-9(7-14)5-11(13)16/h2-4,9,14-15H,5-7H2,1H3. The number of hydrogen-bond donors (Lipinski definition) is 2. The summed E-state index contributed by atoms with van der Waals surface area (Å²) in [4.78, 5) is 13.3. The smallest absolute Gasteiger partial charge is 0.227 e. The van der Waals surface area contributed by atoms with Gasteiger partial charge in [-0.15, -0.1) is 0 Å². The van der Waals surface area contributed by atoms with Crippen LogP contribution >= 0.6 is 0 Å². The molecule has 1 aliphatic heterocycles. The third kappa shape index (κ3) is 1.76. The summed E-state index contributed by atoms with van der Waals surface area (Å²) in [6, 6.07) is 5.18. The lowest BCUT2D eigenvalue weighted by molar-refractivity contribution is -0.117. The molecule has 1 aromatic carbocycles. The monoisotopic (exact) mass is 221 g/mol. The number of aliphatic hydroxyl groups is 1. The maximum atomic E-state index is 11.8. The Morgan fingerprint density at radius 1 is 1.50 bits per heavy atom. The summed E-state index contributed by atoms with van der Waals surface area (Å²) in [7, 11) is 0. The predicted octanol–water partition coefficient (Wildman–Crippen LogP) is 1.05. The van der Waals surface area contributed by atoms with Crippen molar-refractivity contribution in [3.8, 4) is 5.75 Å². The van der Waals surface area contributed by atoms with Crippen molar-refractivity contribution in [1.29, 1.82) is 0 Å². The van der Waals surface area contributed by atoms with Crippen LogP contribution in [0, 0.1) is 12.8 Å². The number of nitrogens with zero attached hydrogens (tertiary/aromatic N) is 1.